The van der Waals surface area contributed by atoms with E-state index in [2.05, 4.69) is 23.6 Å². The third kappa shape index (κ3) is 3.19. The summed E-state index contributed by atoms with van der Waals surface area (Å²) in [5, 5.41) is 9.49. The van der Waals surface area contributed by atoms with Crippen LogP contribution in [0.2, 0.25) is 0 Å². The summed E-state index contributed by atoms with van der Waals surface area (Å²) in [6.07, 6.45) is 3.59. The van der Waals surface area contributed by atoms with E-state index in [9.17, 15) is 5.11 Å². The van der Waals surface area contributed by atoms with E-state index in [4.69, 9.17) is 0 Å². The number of piperidine rings is 1. The molecule has 1 N–H and O–H groups in total. The van der Waals surface area contributed by atoms with Crippen molar-refractivity contribution in [2.24, 2.45) is 5.92 Å². The summed E-state index contributed by atoms with van der Waals surface area (Å²) in [4.78, 5) is 5.02. The molecule has 0 amide bonds. The fraction of sp³-hybridized carbons (Fsp3) is 1.00. The minimum Gasteiger partial charge on any atom is -0.392 e. The fourth-order valence-electron chi connectivity index (χ4n) is 3.00. The van der Waals surface area contributed by atoms with E-state index in [1.807, 2.05) is 0 Å². The van der Waals surface area contributed by atoms with Crippen molar-refractivity contribution in [2.75, 3.05) is 32.7 Å². The minimum absolute atomic E-state index is 0.0595. The number of aliphatic hydroxyl groups is 1. The van der Waals surface area contributed by atoms with E-state index < -0.39 is 0 Å². The number of hydrogen-bond donors (Lipinski definition) is 1. The van der Waals surface area contributed by atoms with Crippen molar-refractivity contribution in [3.8, 4) is 0 Å². The van der Waals surface area contributed by atoms with Crippen molar-refractivity contribution in [3.63, 3.8) is 0 Å². The molecule has 2 aliphatic rings. The molecular formula is C13H26N2O. The average Bonchev–Trinajstić information content (AvgIpc) is 2.65. The van der Waals surface area contributed by atoms with Crippen LogP contribution in [0.3, 0.4) is 0 Å². The number of β-amino-alcohol motifs (C(OH)–C–C–N with tert-alkyl or cyclic N) is 1. The summed E-state index contributed by atoms with van der Waals surface area (Å²) in [5.74, 6) is 0.861. The second-order valence-electron chi connectivity index (χ2n) is 5.78. The maximum atomic E-state index is 9.49. The van der Waals surface area contributed by atoms with Gasteiger partial charge in [0.25, 0.3) is 0 Å². The van der Waals surface area contributed by atoms with Crippen LogP contribution < -0.4 is 0 Å². The lowest BCUT2D eigenvalue weighted by Crippen LogP contribution is -2.41. The van der Waals surface area contributed by atoms with Crippen LogP contribution >= 0.6 is 0 Å². The van der Waals surface area contributed by atoms with Gasteiger partial charge in [-0.2, -0.15) is 0 Å². The number of rotatable bonds is 3. The first-order chi connectivity index (χ1) is 7.65. The summed E-state index contributed by atoms with van der Waals surface area (Å²) in [5.41, 5.74) is 0. The topological polar surface area (TPSA) is 26.7 Å². The lowest BCUT2D eigenvalue weighted by atomic mass is 9.95. The average molecular weight is 226 g/mol. The van der Waals surface area contributed by atoms with Gasteiger partial charge in [-0.05, 0) is 52.1 Å². The molecule has 0 bridgehead atoms. The van der Waals surface area contributed by atoms with Crippen LogP contribution in [0.25, 0.3) is 0 Å². The third-order valence-corrected chi connectivity index (χ3v) is 4.14. The highest BCUT2D eigenvalue weighted by Crippen LogP contribution is 2.21. The zero-order chi connectivity index (χ0) is 11.5. The molecule has 94 valence electrons. The molecule has 0 spiro atoms. The second-order valence-corrected chi connectivity index (χ2v) is 5.78. The summed E-state index contributed by atoms with van der Waals surface area (Å²) < 4.78 is 0. The first-order valence-electron chi connectivity index (χ1n) is 6.79. The molecule has 2 heterocycles. The van der Waals surface area contributed by atoms with Crippen LogP contribution in [0.1, 0.15) is 33.1 Å². The van der Waals surface area contributed by atoms with E-state index in [1.54, 1.807) is 0 Å². The fourth-order valence-corrected chi connectivity index (χ4v) is 3.00. The second kappa shape index (κ2) is 5.48. The molecule has 1 unspecified atom stereocenters. The molecule has 2 fully saturated rings. The molecular weight excluding hydrogens is 200 g/mol. The van der Waals surface area contributed by atoms with Gasteiger partial charge in [0.05, 0.1) is 6.10 Å². The van der Waals surface area contributed by atoms with Gasteiger partial charge in [0, 0.05) is 25.7 Å². The van der Waals surface area contributed by atoms with E-state index in [1.165, 1.54) is 32.5 Å². The van der Waals surface area contributed by atoms with Crippen LogP contribution in [0.15, 0.2) is 0 Å². The Kier molecular flexibility index (Phi) is 4.22. The van der Waals surface area contributed by atoms with E-state index in [0.717, 1.165) is 25.4 Å². The molecule has 0 radical (unpaired) electrons. The van der Waals surface area contributed by atoms with E-state index in [-0.39, 0.29) is 6.10 Å². The molecule has 2 aliphatic heterocycles. The van der Waals surface area contributed by atoms with Crippen molar-refractivity contribution >= 4 is 0 Å². The van der Waals surface area contributed by atoms with Gasteiger partial charge in [0.1, 0.15) is 0 Å². The smallest absolute Gasteiger partial charge is 0.0679 e. The van der Waals surface area contributed by atoms with Crippen molar-refractivity contribution in [1.29, 1.82) is 0 Å². The van der Waals surface area contributed by atoms with Crippen molar-refractivity contribution < 1.29 is 5.11 Å². The molecule has 0 aromatic rings. The molecule has 0 aliphatic carbocycles. The Hall–Kier alpha value is -0.120. The molecule has 2 rings (SSSR count). The maximum Gasteiger partial charge on any atom is 0.0679 e. The molecule has 2 saturated heterocycles. The summed E-state index contributed by atoms with van der Waals surface area (Å²) in [6, 6.07) is 0.703. The first-order valence-corrected chi connectivity index (χ1v) is 6.79. The predicted octanol–water partition coefficient (Wildman–Crippen LogP) is 1.17. The largest absolute Gasteiger partial charge is 0.392 e. The maximum absolute atomic E-state index is 9.49. The van der Waals surface area contributed by atoms with Gasteiger partial charge in [-0.1, -0.05) is 0 Å². The van der Waals surface area contributed by atoms with Gasteiger partial charge < -0.3 is 14.9 Å². The molecule has 16 heavy (non-hydrogen) atoms. The first kappa shape index (κ1) is 12.3. The molecule has 0 aromatic carbocycles. The Balaban J connectivity index is 1.69. The normalized spacial score (nSPS) is 30.4. The van der Waals surface area contributed by atoms with Crippen molar-refractivity contribution in [1.82, 2.24) is 9.80 Å². The van der Waals surface area contributed by atoms with Crippen molar-refractivity contribution in [3.05, 3.63) is 0 Å². The molecule has 3 nitrogen and oxygen atoms in total. The zero-order valence-corrected chi connectivity index (χ0v) is 10.7. The molecule has 3 heteroatoms. The highest BCUT2D eigenvalue weighted by Gasteiger charge is 2.26. The van der Waals surface area contributed by atoms with Gasteiger partial charge in [-0.3, -0.25) is 0 Å². The number of hydrogen-bond acceptors (Lipinski definition) is 3. The highest BCUT2D eigenvalue weighted by molar-refractivity contribution is 4.80. The van der Waals surface area contributed by atoms with Gasteiger partial charge in [0.2, 0.25) is 0 Å². The van der Waals surface area contributed by atoms with Crippen LogP contribution in [0.5, 0.6) is 0 Å². The lowest BCUT2D eigenvalue weighted by molar-refractivity contribution is 0.121. The summed E-state index contributed by atoms with van der Waals surface area (Å²) in [6.45, 7) is 10.3. The van der Waals surface area contributed by atoms with Crippen molar-refractivity contribution in [2.45, 2.75) is 45.3 Å². The Morgan fingerprint density at radius 2 is 1.81 bits per heavy atom. The lowest BCUT2D eigenvalue weighted by Gasteiger charge is -2.36. The Morgan fingerprint density at radius 3 is 2.31 bits per heavy atom. The van der Waals surface area contributed by atoms with Crippen LogP contribution in [-0.2, 0) is 0 Å². The zero-order valence-electron chi connectivity index (χ0n) is 10.7. The minimum atomic E-state index is -0.0595. The van der Waals surface area contributed by atoms with Gasteiger partial charge in [0.15, 0.2) is 0 Å². The quantitative estimate of drug-likeness (QED) is 0.782. The van der Waals surface area contributed by atoms with Crippen LogP contribution in [0.4, 0.5) is 0 Å². The van der Waals surface area contributed by atoms with Gasteiger partial charge in [-0.15, -0.1) is 0 Å². The number of likely N-dealkylation sites (tertiary alicyclic amines) is 2. The molecule has 0 saturated carbocycles. The Bertz CT molecular complexity index is 212. The van der Waals surface area contributed by atoms with Crippen LogP contribution in [0, 0.1) is 5.92 Å². The Morgan fingerprint density at radius 1 is 1.12 bits per heavy atom. The number of aliphatic hydroxyl groups excluding tert-OH is 1. The molecule has 1 atom stereocenters. The molecule has 0 aromatic heterocycles. The highest BCUT2D eigenvalue weighted by atomic mass is 16.3. The van der Waals surface area contributed by atoms with E-state index >= 15 is 0 Å². The summed E-state index contributed by atoms with van der Waals surface area (Å²) in [7, 11) is 0. The van der Waals surface area contributed by atoms with E-state index in [0.29, 0.717) is 6.04 Å². The SMILES string of the molecule is CC(C)N1CCC(CN2CCC(O)C2)CC1. The monoisotopic (exact) mass is 226 g/mol. The van der Waals surface area contributed by atoms with Gasteiger partial charge >= 0.3 is 0 Å². The standard InChI is InChI=1S/C13H26N2O/c1-11(2)15-7-3-12(4-8-15)9-14-6-5-13(16)10-14/h11-13,16H,3-10H2,1-2H3. The predicted molar refractivity (Wildman–Crippen MR) is 66.5 cm³/mol. The van der Waals surface area contributed by atoms with Crippen LogP contribution in [-0.4, -0.2) is 59.8 Å². The Labute approximate surface area is 99.4 Å². The third-order valence-electron chi connectivity index (χ3n) is 4.14. The summed E-state index contributed by atoms with van der Waals surface area (Å²) >= 11 is 0. The number of nitrogens with zero attached hydrogens (tertiary/aromatic N) is 2. The van der Waals surface area contributed by atoms with Gasteiger partial charge in [-0.25, -0.2) is 0 Å².